The number of benzene rings is 1. The highest BCUT2D eigenvalue weighted by Crippen LogP contribution is 2.46. The summed E-state index contributed by atoms with van der Waals surface area (Å²) in [5.41, 5.74) is 0.654. The summed E-state index contributed by atoms with van der Waals surface area (Å²) in [6.45, 7) is 0. The topological polar surface area (TPSA) is 46.6 Å². The molecule has 0 N–H and O–H groups in total. The molecule has 4 heteroatoms. The van der Waals surface area contributed by atoms with E-state index in [1.807, 2.05) is 30.4 Å². The summed E-state index contributed by atoms with van der Waals surface area (Å²) in [4.78, 5) is 26.1. The Balaban J connectivity index is 1.77. The smallest absolute Gasteiger partial charge is 0.240 e. The van der Waals surface area contributed by atoms with Crippen LogP contribution in [-0.4, -0.2) is 24.0 Å². The molecule has 3 heterocycles. The molecular weight excluding hydrogens is 230 g/mol. The molecule has 3 aliphatic heterocycles. The van der Waals surface area contributed by atoms with Gasteiger partial charge in [-0.05, 0) is 12.1 Å². The predicted octanol–water partition coefficient (Wildman–Crippen LogP) is 1.13. The average molecular weight is 241 g/mol. The highest BCUT2D eigenvalue weighted by Gasteiger charge is 2.60. The van der Waals surface area contributed by atoms with Crippen LogP contribution in [0.15, 0.2) is 42.5 Å². The third-order valence-electron chi connectivity index (χ3n) is 3.92. The number of fused-ring (bicyclic) bond motifs is 5. The molecule has 1 aromatic carbocycles. The molecule has 0 aromatic heterocycles. The van der Waals surface area contributed by atoms with Gasteiger partial charge in [0.2, 0.25) is 11.8 Å². The Morgan fingerprint density at radius 2 is 1.44 bits per heavy atom. The summed E-state index contributed by atoms with van der Waals surface area (Å²) in [5.74, 6) is -0.915. The van der Waals surface area contributed by atoms with Gasteiger partial charge in [0.25, 0.3) is 0 Å². The largest absolute Gasteiger partial charge is 0.365 e. The van der Waals surface area contributed by atoms with Crippen LogP contribution in [0.2, 0.25) is 0 Å². The molecule has 0 aliphatic carbocycles. The second kappa shape index (κ2) is 3.29. The third kappa shape index (κ3) is 1.08. The van der Waals surface area contributed by atoms with Crippen LogP contribution in [0.25, 0.3) is 0 Å². The van der Waals surface area contributed by atoms with Crippen molar-refractivity contribution in [3.05, 3.63) is 42.5 Å². The van der Waals surface area contributed by atoms with Gasteiger partial charge in [0.1, 0.15) is 0 Å². The lowest BCUT2D eigenvalue weighted by atomic mass is 9.85. The number of carbonyl (C=O) groups excluding carboxylic acids is 2. The minimum atomic E-state index is -0.326. The Bertz CT molecular complexity index is 536. The van der Waals surface area contributed by atoms with Crippen LogP contribution in [0.4, 0.5) is 5.69 Å². The Morgan fingerprint density at radius 3 is 2.00 bits per heavy atom. The lowest BCUT2D eigenvalue weighted by Gasteiger charge is -2.17. The van der Waals surface area contributed by atoms with E-state index in [2.05, 4.69) is 0 Å². The van der Waals surface area contributed by atoms with E-state index in [4.69, 9.17) is 4.74 Å². The first-order valence-corrected chi connectivity index (χ1v) is 6.04. The van der Waals surface area contributed by atoms with Crippen molar-refractivity contribution in [3.63, 3.8) is 0 Å². The molecule has 3 unspecified atom stereocenters. The quantitative estimate of drug-likeness (QED) is 0.547. The van der Waals surface area contributed by atoms with Crippen molar-refractivity contribution >= 4 is 17.5 Å². The first kappa shape index (κ1) is 10.0. The van der Waals surface area contributed by atoms with Gasteiger partial charge in [-0.25, -0.2) is 4.90 Å². The maximum Gasteiger partial charge on any atom is 0.240 e. The van der Waals surface area contributed by atoms with Crippen LogP contribution in [-0.2, 0) is 14.3 Å². The van der Waals surface area contributed by atoms with Gasteiger partial charge in [0.15, 0.2) is 0 Å². The Hall–Kier alpha value is -1.94. The number of para-hydroxylation sites is 1. The summed E-state index contributed by atoms with van der Waals surface area (Å²) < 4.78 is 5.58. The zero-order valence-corrected chi connectivity index (χ0v) is 9.52. The highest BCUT2D eigenvalue weighted by molar-refractivity contribution is 6.23. The molecule has 4 nitrogen and oxygen atoms in total. The molecular formula is C14H11NO3. The van der Waals surface area contributed by atoms with Gasteiger partial charge in [-0.2, -0.15) is 0 Å². The number of amides is 2. The van der Waals surface area contributed by atoms with Gasteiger partial charge in [0.05, 0.1) is 29.7 Å². The average Bonchev–Trinajstić information content (AvgIpc) is 3.05. The molecule has 2 saturated heterocycles. The van der Waals surface area contributed by atoms with Crippen LogP contribution in [0.1, 0.15) is 0 Å². The van der Waals surface area contributed by atoms with E-state index < -0.39 is 0 Å². The van der Waals surface area contributed by atoms with Crippen molar-refractivity contribution < 1.29 is 14.3 Å². The SMILES string of the molecule is O=C1C2C3C=C[C@@H](O3)C2C(=O)N1c1ccccc1. The number of carbonyl (C=O) groups is 2. The molecule has 18 heavy (non-hydrogen) atoms. The molecule has 1 aromatic rings. The molecule has 2 amide bonds. The summed E-state index contributed by atoms with van der Waals surface area (Å²) in [6.07, 6.45) is 3.35. The lowest BCUT2D eigenvalue weighted by molar-refractivity contribution is -0.124. The Kier molecular flexibility index (Phi) is 1.84. The van der Waals surface area contributed by atoms with E-state index in [0.717, 1.165) is 0 Å². The second-order valence-corrected chi connectivity index (χ2v) is 4.85. The fourth-order valence-electron chi connectivity index (χ4n) is 3.14. The van der Waals surface area contributed by atoms with Gasteiger partial charge >= 0.3 is 0 Å². The third-order valence-corrected chi connectivity index (χ3v) is 3.92. The molecule has 0 spiro atoms. The number of hydrogen-bond donors (Lipinski definition) is 0. The highest BCUT2D eigenvalue weighted by atomic mass is 16.5. The number of anilines is 1. The van der Waals surface area contributed by atoms with Gasteiger partial charge in [0, 0.05) is 0 Å². The van der Waals surface area contributed by atoms with E-state index in [1.54, 1.807) is 12.1 Å². The molecule has 0 saturated carbocycles. The summed E-state index contributed by atoms with van der Waals surface area (Å²) in [7, 11) is 0. The van der Waals surface area contributed by atoms with Gasteiger partial charge in [-0.1, -0.05) is 30.4 Å². The van der Waals surface area contributed by atoms with Crippen molar-refractivity contribution in [1.82, 2.24) is 0 Å². The number of rotatable bonds is 1. The van der Waals surface area contributed by atoms with Crippen LogP contribution in [0.5, 0.6) is 0 Å². The molecule has 2 bridgehead atoms. The summed E-state index contributed by atoms with van der Waals surface area (Å²) in [5, 5.41) is 0. The van der Waals surface area contributed by atoms with Crippen molar-refractivity contribution in [1.29, 1.82) is 0 Å². The van der Waals surface area contributed by atoms with E-state index in [-0.39, 0.29) is 35.9 Å². The van der Waals surface area contributed by atoms with E-state index in [0.29, 0.717) is 5.69 Å². The number of nitrogens with zero attached hydrogens (tertiary/aromatic N) is 1. The fourth-order valence-corrected chi connectivity index (χ4v) is 3.14. The summed E-state index contributed by atoms with van der Waals surface area (Å²) >= 11 is 0. The number of ether oxygens (including phenoxy) is 1. The standard InChI is InChI=1S/C14H11NO3/c16-13-11-9-6-7-10(18-9)12(11)14(17)15(13)8-4-2-1-3-5-8/h1-7,9-12H/t9-,10?,11?,12?/m1/s1. The molecule has 90 valence electrons. The molecule has 3 aliphatic rings. The monoisotopic (exact) mass is 241 g/mol. The Labute approximate surface area is 104 Å². The minimum absolute atomic E-state index is 0.131. The van der Waals surface area contributed by atoms with Crippen molar-refractivity contribution in [2.24, 2.45) is 11.8 Å². The van der Waals surface area contributed by atoms with Crippen LogP contribution in [0.3, 0.4) is 0 Å². The van der Waals surface area contributed by atoms with Crippen molar-refractivity contribution in [2.45, 2.75) is 12.2 Å². The van der Waals surface area contributed by atoms with Crippen molar-refractivity contribution in [3.8, 4) is 0 Å². The Morgan fingerprint density at radius 1 is 0.889 bits per heavy atom. The number of imide groups is 1. The van der Waals surface area contributed by atoms with Gasteiger partial charge in [-0.3, -0.25) is 9.59 Å². The van der Waals surface area contributed by atoms with E-state index >= 15 is 0 Å². The van der Waals surface area contributed by atoms with Gasteiger partial charge < -0.3 is 4.74 Å². The van der Waals surface area contributed by atoms with Gasteiger partial charge in [-0.15, -0.1) is 0 Å². The first-order chi connectivity index (χ1) is 8.77. The van der Waals surface area contributed by atoms with Crippen LogP contribution in [0, 0.1) is 11.8 Å². The molecule has 4 atom stereocenters. The van der Waals surface area contributed by atoms with E-state index in [9.17, 15) is 9.59 Å². The predicted molar refractivity (Wildman–Crippen MR) is 63.7 cm³/mol. The zero-order chi connectivity index (χ0) is 12.3. The minimum Gasteiger partial charge on any atom is -0.365 e. The van der Waals surface area contributed by atoms with E-state index in [1.165, 1.54) is 4.90 Å². The second-order valence-electron chi connectivity index (χ2n) is 4.85. The van der Waals surface area contributed by atoms with Crippen LogP contribution < -0.4 is 4.90 Å². The normalized spacial score (nSPS) is 36.6. The number of hydrogen-bond acceptors (Lipinski definition) is 3. The zero-order valence-electron chi connectivity index (χ0n) is 9.52. The molecule has 0 radical (unpaired) electrons. The summed E-state index contributed by atoms with van der Waals surface area (Å²) in [6, 6.07) is 9.09. The lowest BCUT2D eigenvalue weighted by Crippen LogP contribution is -2.34. The van der Waals surface area contributed by atoms with Crippen LogP contribution >= 0.6 is 0 Å². The van der Waals surface area contributed by atoms with Crippen molar-refractivity contribution in [2.75, 3.05) is 4.90 Å². The molecule has 2 fully saturated rings. The maximum absolute atomic E-state index is 12.4. The first-order valence-electron chi connectivity index (χ1n) is 6.04. The fraction of sp³-hybridized carbons (Fsp3) is 0.286. The maximum atomic E-state index is 12.4. The molecule has 4 rings (SSSR count).